The van der Waals surface area contributed by atoms with Crippen LogP contribution >= 0.6 is 7.82 Å². The van der Waals surface area contributed by atoms with Crippen LogP contribution in [0.5, 0.6) is 0 Å². The van der Waals surface area contributed by atoms with E-state index in [1.807, 2.05) is 27.2 Å². The molecule has 0 saturated carbocycles. The number of nitrogens with one attached hydrogen (secondary N) is 1. The average molecular weight is 829 g/mol. The number of nitrogens with zero attached hydrogens (tertiary/aromatic N) is 1. The largest absolute Gasteiger partial charge is 0.756 e. The highest BCUT2D eigenvalue weighted by molar-refractivity contribution is 7.45. The van der Waals surface area contributed by atoms with Gasteiger partial charge in [0.25, 0.3) is 7.82 Å². The summed E-state index contributed by atoms with van der Waals surface area (Å²) >= 11 is 0. The number of carbonyl (C=O) groups is 1. The number of hydrogen-bond acceptors (Lipinski definition) is 6. The molecule has 1 unspecified atom stereocenters. The second-order valence-electron chi connectivity index (χ2n) is 18.2. The highest BCUT2D eigenvalue weighted by Gasteiger charge is 2.23. The summed E-state index contributed by atoms with van der Waals surface area (Å²) in [6.07, 6.45) is 47.1. The molecule has 0 radical (unpaired) electrons. The molecule has 0 rings (SSSR count). The molecule has 1 amide bonds. The fourth-order valence-electron chi connectivity index (χ4n) is 7.33. The van der Waals surface area contributed by atoms with Crippen LogP contribution < -0.4 is 10.2 Å². The Morgan fingerprint density at radius 3 is 1.32 bits per heavy atom. The summed E-state index contributed by atoms with van der Waals surface area (Å²) in [5.74, 6) is -0.195. The molecular weight excluding hydrogens is 732 g/mol. The topological polar surface area (TPSA) is 108 Å². The zero-order valence-corrected chi connectivity index (χ0v) is 39.5. The van der Waals surface area contributed by atoms with E-state index in [-0.39, 0.29) is 19.1 Å². The second kappa shape index (κ2) is 40.6. The maximum absolute atomic E-state index is 12.9. The molecule has 0 saturated heterocycles. The second-order valence-corrected chi connectivity index (χ2v) is 19.6. The van der Waals surface area contributed by atoms with E-state index >= 15 is 0 Å². The van der Waals surface area contributed by atoms with E-state index in [0.29, 0.717) is 17.4 Å². The van der Waals surface area contributed by atoms with Gasteiger partial charge < -0.3 is 28.8 Å². The number of allylic oxidation sites excluding steroid dienone is 1. The summed E-state index contributed by atoms with van der Waals surface area (Å²) in [5.41, 5.74) is 0. The zero-order chi connectivity index (χ0) is 42.1. The molecular formula is C48H97N2O6P. The van der Waals surface area contributed by atoms with E-state index in [0.717, 1.165) is 38.5 Å². The Morgan fingerprint density at radius 1 is 0.596 bits per heavy atom. The molecule has 0 aliphatic heterocycles. The molecule has 2 N–H and O–H groups in total. The lowest BCUT2D eigenvalue weighted by molar-refractivity contribution is -0.870. The van der Waals surface area contributed by atoms with Crippen molar-refractivity contribution < 1.29 is 32.9 Å². The Labute approximate surface area is 354 Å². The van der Waals surface area contributed by atoms with E-state index < -0.39 is 20.0 Å². The molecule has 0 aromatic rings. The minimum absolute atomic E-state index is 0.00194. The highest BCUT2D eigenvalue weighted by atomic mass is 31.2. The molecule has 0 aliphatic carbocycles. The molecule has 0 aliphatic rings. The van der Waals surface area contributed by atoms with Gasteiger partial charge in [0, 0.05) is 6.42 Å². The Morgan fingerprint density at radius 2 is 0.947 bits per heavy atom. The Kier molecular flexibility index (Phi) is 40.1. The van der Waals surface area contributed by atoms with Crippen LogP contribution in [0, 0.1) is 0 Å². The lowest BCUT2D eigenvalue weighted by Crippen LogP contribution is -2.45. The molecule has 9 heteroatoms. The van der Waals surface area contributed by atoms with Crippen LogP contribution in [-0.4, -0.2) is 68.5 Å². The van der Waals surface area contributed by atoms with E-state index in [1.165, 1.54) is 180 Å². The Bertz CT molecular complexity index is 942. The summed E-state index contributed by atoms with van der Waals surface area (Å²) < 4.78 is 23.2. The molecule has 0 bridgehead atoms. The van der Waals surface area contributed by atoms with E-state index in [9.17, 15) is 19.4 Å². The van der Waals surface area contributed by atoms with Gasteiger partial charge in [0.15, 0.2) is 0 Å². The first-order valence-electron chi connectivity index (χ1n) is 24.6. The van der Waals surface area contributed by atoms with Crippen LogP contribution in [0.2, 0.25) is 0 Å². The smallest absolute Gasteiger partial charge is 0.268 e. The molecule has 340 valence electrons. The van der Waals surface area contributed by atoms with Crippen LogP contribution in [-0.2, 0) is 18.4 Å². The predicted octanol–water partition coefficient (Wildman–Crippen LogP) is 13.3. The number of aliphatic hydroxyl groups excluding tert-OH is 1. The number of carbonyl (C=O) groups excluding carboxylic acids is 1. The summed E-state index contributed by atoms with van der Waals surface area (Å²) in [6.45, 7) is 4.65. The van der Waals surface area contributed by atoms with Gasteiger partial charge in [0.1, 0.15) is 13.2 Å². The van der Waals surface area contributed by atoms with Crippen molar-refractivity contribution in [2.24, 2.45) is 0 Å². The maximum atomic E-state index is 12.9. The first-order valence-corrected chi connectivity index (χ1v) is 26.0. The molecule has 3 atom stereocenters. The van der Waals surface area contributed by atoms with Gasteiger partial charge in [-0.1, -0.05) is 225 Å². The van der Waals surface area contributed by atoms with Gasteiger partial charge in [-0.3, -0.25) is 9.36 Å². The van der Waals surface area contributed by atoms with Crippen molar-refractivity contribution in [3.05, 3.63) is 12.2 Å². The van der Waals surface area contributed by atoms with Gasteiger partial charge in [-0.2, -0.15) is 0 Å². The first kappa shape index (κ1) is 56.2. The van der Waals surface area contributed by atoms with Crippen LogP contribution in [0.15, 0.2) is 12.2 Å². The van der Waals surface area contributed by atoms with Gasteiger partial charge in [-0.25, -0.2) is 0 Å². The Hall–Kier alpha value is -0.760. The monoisotopic (exact) mass is 829 g/mol. The Balaban J connectivity index is 4.10. The minimum atomic E-state index is -4.58. The van der Waals surface area contributed by atoms with Crippen LogP contribution in [0.4, 0.5) is 0 Å². The van der Waals surface area contributed by atoms with Crippen molar-refractivity contribution in [3.63, 3.8) is 0 Å². The predicted molar refractivity (Wildman–Crippen MR) is 242 cm³/mol. The van der Waals surface area contributed by atoms with Gasteiger partial charge in [0.05, 0.1) is 39.9 Å². The number of aliphatic hydroxyl groups is 1. The van der Waals surface area contributed by atoms with Gasteiger partial charge in [-0.05, 0) is 19.3 Å². The molecule has 0 fully saturated rings. The van der Waals surface area contributed by atoms with Crippen molar-refractivity contribution in [2.75, 3.05) is 40.9 Å². The van der Waals surface area contributed by atoms with E-state index in [1.54, 1.807) is 6.08 Å². The summed E-state index contributed by atoms with van der Waals surface area (Å²) in [5, 5.41) is 13.7. The molecule has 0 heterocycles. The molecule has 57 heavy (non-hydrogen) atoms. The maximum Gasteiger partial charge on any atom is 0.268 e. The van der Waals surface area contributed by atoms with Crippen LogP contribution in [0.25, 0.3) is 0 Å². The first-order chi connectivity index (χ1) is 27.5. The van der Waals surface area contributed by atoms with Crippen LogP contribution in [0.1, 0.15) is 239 Å². The fourth-order valence-corrected chi connectivity index (χ4v) is 8.05. The number of hydrogen-bond donors (Lipinski definition) is 2. The summed E-state index contributed by atoms with van der Waals surface area (Å²) in [7, 11) is 1.27. The van der Waals surface area contributed by atoms with E-state index in [4.69, 9.17) is 9.05 Å². The van der Waals surface area contributed by atoms with Crippen molar-refractivity contribution >= 4 is 13.7 Å². The molecule has 8 nitrogen and oxygen atoms in total. The third-order valence-electron chi connectivity index (χ3n) is 11.2. The fraction of sp³-hybridized carbons (Fsp3) is 0.938. The van der Waals surface area contributed by atoms with Crippen molar-refractivity contribution in [1.82, 2.24) is 5.32 Å². The normalized spacial score (nSPS) is 14.3. The number of likely N-dealkylation sites (N-methyl/N-ethyl adjacent to an activating group) is 1. The lowest BCUT2D eigenvalue weighted by atomic mass is 10.0. The lowest BCUT2D eigenvalue weighted by Gasteiger charge is -2.29. The summed E-state index contributed by atoms with van der Waals surface area (Å²) in [6, 6.07) is -0.879. The van der Waals surface area contributed by atoms with Crippen molar-refractivity contribution in [1.29, 1.82) is 0 Å². The molecule has 0 aromatic carbocycles. The minimum Gasteiger partial charge on any atom is -0.756 e. The third-order valence-corrected chi connectivity index (χ3v) is 12.2. The number of phosphoric ester groups is 1. The number of unbranched alkanes of at least 4 members (excludes halogenated alkanes) is 32. The van der Waals surface area contributed by atoms with Crippen LogP contribution in [0.3, 0.4) is 0 Å². The highest BCUT2D eigenvalue weighted by Crippen LogP contribution is 2.38. The van der Waals surface area contributed by atoms with Gasteiger partial charge in [-0.15, -0.1) is 0 Å². The number of amides is 1. The van der Waals surface area contributed by atoms with Gasteiger partial charge in [0.2, 0.25) is 5.91 Å². The number of rotatable bonds is 45. The third kappa shape index (κ3) is 43.1. The van der Waals surface area contributed by atoms with Crippen molar-refractivity contribution in [2.45, 2.75) is 251 Å². The number of phosphoric acid groups is 1. The zero-order valence-electron chi connectivity index (χ0n) is 38.6. The quantitative estimate of drug-likeness (QED) is 0.0274. The SMILES string of the molecule is CCCCCCCCCC/C=C/[C@@H](O)[C@H](COP(=O)([O-])OCC[N+](C)(C)C)NC(=O)CCCCCCCCCCCCCCCCCCCCCCCCCCC. The summed E-state index contributed by atoms with van der Waals surface area (Å²) in [4.78, 5) is 25.3. The standard InChI is InChI=1S/C48H97N2O6P/c1-6-8-10-12-14-16-18-19-20-21-22-23-24-25-26-27-28-29-30-31-32-34-36-38-40-42-48(52)49-46(45-56-57(53,54)55-44-43-50(3,4)5)47(51)41-39-37-35-33-17-15-13-11-9-7-2/h39,41,46-47,51H,6-38,40,42-45H2,1-5H3,(H-,49,52,53,54)/b41-39+/t46-,47+/m0/s1. The molecule has 0 aromatic heterocycles. The van der Waals surface area contributed by atoms with Crippen molar-refractivity contribution in [3.8, 4) is 0 Å². The van der Waals surface area contributed by atoms with E-state index in [2.05, 4.69) is 19.2 Å². The average Bonchev–Trinajstić information content (AvgIpc) is 3.16. The number of quaternary nitrogens is 1. The van der Waals surface area contributed by atoms with Gasteiger partial charge >= 0.3 is 0 Å². The molecule has 0 spiro atoms.